The first-order valence-electron chi connectivity index (χ1n) is 8.48. The minimum atomic E-state index is -4.61. The molecule has 0 atom stereocenters. The Morgan fingerprint density at radius 3 is 2.53 bits per heavy atom. The van der Waals surface area contributed by atoms with Crippen molar-refractivity contribution in [2.24, 2.45) is 0 Å². The van der Waals surface area contributed by atoms with Crippen LogP contribution in [0.15, 0.2) is 47.5 Å². The zero-order valence-electron chi connectivity index (χ0n) is 15.1. The Kier molecular flexibility index (Phi) is 6.20. The van der Waals surface area contributed by atoms with Crippen molar-refractivity contribution in [1.82, 2.24) is 15.2 Å². The van der Waals surface area contributed by atoms with Crippen LogP contribution in [0.3, 0.4) is 0 Å². The summed E-state index contributed by atoms with van der Waals surface area (Å²) in [7, 11) is 0. The lowest BCUT2D eigenvalue weighted by molar-refractivity contribution is -0.141. The smallest absolute Gasteiger partial charge is 0.350 e. The first-order chi connectivity index (χ1) is 14.2. The number of carbonyl (C=O) groups excluding carboxylic acids is 3. The summed E-state index contributed by atoms with van der Waals surface area (Å²) in [5.41, 5.74) is -1.07. The monoisotopic (exact) mass is 439 g/mol. The third kappa shape index (κ3) is 4.85. The molecule has 0 bridgehead atoms. The highest BCUT2D eigenvalue weighted by atomic mass is 32.2. The molecule has 1 fully saturated rings. The molecule has 11 heteroatoms. The number of rotatable bonds is 5. The first kappa shape index (κ1) is 21.5. The number of nitrogens with zero attached hydrogens (tertiary/aromatic N) is 2. The second-order valence-electron chi connectivity index (χ2n) is 6.04. The molecule has 0 spiro atoms. The van der Waals surface area contributed by atoms with Gasteiger partial charge in [-0.15, -0.1) is 0 Å². The van der Waals surface area contributed by atoms with Gasteiger partial charge in [0.1, 0.15) is 11.5 Å². The van der Waals surface area contributed by atoms with Crippen molar-refractivity contribution in [2.45, 2.75) is 6.18 Å². The second-order valence-corrected chi connectivity index (χ2v) is 7.03. The standard InChI is InChI=1S/C19H13F4N3O3S/c20-13-4-2-1-3-11(13)9-14-17(28)26(18(29)30-14)8-7-24-16(27)12-5-6-15(25-10-12)19(21,22)23/h1-6,9-10H,7-8H2,(H,24,27)/b14-9-. The van der Waals surface area contributed by atoms with E-state index in [9.17, 15) is 31.9 Å². The lowest BCUT2D eigenvalue weighted by Gasteiger charge is -2.13. The molecule has 1 N–H and O–H groups in total. The van der Waals surface area contributed by atoms with Crippen LogP contribution in [0.2, 0.25) is 0 Å². The van der Waals surface area contributed by atoms with E-state index in [0.717, 1.165) is 17.2 Å². The summed E-state index contributed by atoms with van der Waals surface area (Å²) in [6, 6.07) is 7.42. The summed E-state index contributed by atoms with van der Waals surface area (Å²) in [5.74, 6) is -1.87. The maximum atomic E-state index is 13.7. The summed E-state index contributed by atoms with van der Waals surface area (Å²) in [6.45, 7) is -0.274. The van der Waals surface area contributed by atoms with Crippen LogP contribution < -0.4 is 5.32 Å². The average molecular weight is 439 g/mol. The quantitative estimate of drug-likeness (QED) is 0.568. The normalized spacial score (nSPS) is 15.7. The van der Waals surface area contributed by atoms with Gasteiger partial charge < -0.3 is 5.32 Å². The van der Waals surface area contributed by atoms with Gasteiger partial charge in [0.2, 0.25) is 0 Å². The zero-order valence-corrected chi connectivity index (χ0v) is 15.9. The van der Waals surface area contributed by atoms with Gasteiger partial charge >= 0.3 is 6.18 Å². The highest BCUT2D eigenvalue weighted by molar-refractivity contribution is 8.18. The number of thioether (sulfide) groups is 1. The van der Waals surface area contributed by atoms with Crippen LogP contribution in [0.5, 0.6) is 0 Å². The molecule has 6 nitrogen and oxygen atoms in total. The number of amides is 3. The summed E-state index contributed by atoms with van der Waals surface area (Å²) in [4.78, 5) is 40.6. The van der Waals surface area contributed by atoms with Crippen molar-refractivity contribution in [3.63, 3.8) is 0 Å². The van der Waals surface area contributed by atoms with Crippen LogP contribution in [-0.4, -0.2) is 40.0 Å². The zero-order chi connectivity index (χ0) is 21.9. The predicted molar refractivity (Wildman–Crippen MR) is 101 cm³/mol. The summed E-state index contributed by atoms with van der Waals surface area (Å²) in [5, 5.41) is 1.83. The number of alkyl halides is 3. The molecule has 0 unspecified atom stereocenters. The number of imide groups is 1. The number of pyridine rings is 1. The van der Waals surface area contributed by atoms with Crippen molar-refractivity contribution in [3.05, 3.63) is 70.1 Å². The van der Waals surface area contributed by atoms with Gasteiger partial charge in [-0.2, -0.15) is 13.2 Å². The lowest BCUT2D eigenvalue weighted by Crippen LogP contribution is -2.37. The average Bonchev–Trinajstić information content (AvgIpc) is 2.96. The van der Waals surface area contributed by atoms with Crippen LogP contribution in [-0.2, 0) is 11.0 Å². The molecule has 1 aromatic heterocycles. The van der Waals surface area contributed by atoms with Crippen LogP contribution in [0.25, 0.3) is 6.08 Å². The maximum absolute atomic E-state index is 13.7. The van der Waals surface area contributed by atoms with Crippen molar-refractivity contribution in [3.8, 4) is 0 Å². The molecule has 1 aromatic carbocycles. The van der Waals surface area contributed by atoms with Crippen LogP contribution in [0.1, 0.15) is 21.6 Å². The van der Waals surface area contributed by atoms with E-state index in [-0.39, 0.29) is 29.1 Å². The summed E-state index contributed by atoms with van der Waals surface area (Å²) in [6.07, 6.45) is -2.56. The predicted octanol–water partition coefficient (Wildman–Crippen LogP) is 3.71. The van der Waals surface area contributed by atoms with Gasteiger partial charge in [0, 0.05) is 24.8 Å². The minimum absolute atomic E-state index is 0.0448. The van der Waals surface area contributed by atoms with E-state index >= 15 is 0 Å². The fourth-order valence-electron chi connectivity index (χ4n) is 2.51. The molecular weight excluding hydrogens is 426 g/mol. The Morgan fingerprint density at radius 2 is 1.90 bits per heavy atom. The van der Waals surface area contributed by atoms with E-state index in [1.807, 2.05) is 0 Å². The van der Waals surface area contributed by atoms with E-state index in [4.69, 9.17) is 0 Å². The van der Waals surface area contributed by atoms with Gasteiger partial charge in [-0.3, -0.25) is 24.3 Å². The second kappa shape index (κ2) is 8.66. The number of aromatic nitrogens is 1. The highest BCUT2D eigenvalue weighted by Gasteiger charge is 2.35. The number of nitrogens with one attached hydrogen (secondary N) is 1. The van der Waals surface area contributed by atoms with Crippen molar-refractivity contribution >= 4 is 34.9 Å². The molecule has 30 heavy (non-hydrogen) atoms. The minimum Gasteiger partial charge on any atom is -0.350 e. The number of carbonyl (C=O) groups is 3. The first-order valence-corrected chi connectivity index (χ1v) is 9.30. The van der Waals surface area contributed by atoms with Gasteiger partial charge in [0.05, 0.1) is 10.5 Å². The largest absolute Gasteiger partial charge is 0.433 e. The fraction of sp³-hybridized carbons (Fsp3) is 0.158. The Labute approximate surface area is 172 Å². The SMILES string of the molecule is O=C(NCCN1C(=O)S/C(=C\c2ccccc2F)C1=O)c1ccc(C(F)(F)F)nc1. The summed E-state index contributed by atoms with van der Waals surface area (Å²) >= 11 is 0.647. The fourth-order valence-corrected chi connectivity index (χ4v) is 3.36. The number of hydrogen-bond donors (Lipinski definition) is 1. The molecule has 3 amide bonds. The third-order valence-corrected chi connectivity index (χ3v) is 4.91. The molecule has 156 valence electrons. The Hall–Kier alpha value is -3.21. The molecule has 0 saturated carbocycles. The van der Waals surface area contributed by atoms with Crippen LogP contribution in [0.4, 0.5) is 22.4 Å². The molecule has 2 heterocycles. The van der Waals surface area contributed by atoms with E-state index in [1.54, 1.807) is 6.07 Å². The molecule has 1 aliphatic rings. The molecular formula is C19H13F4N3O3S. The molecule has 3 rings (SSSR count). The van der Waals surface area contributed by atoms with Gasteiger partial charge in [-0.05, 0) is 36.0 Å². The van der Waals surface area contributed by atoms with E-state index in [0.29, 0.717) is 17.8 Å². The Bertz CT molecular complexity index is 1020. The van der Waals surface area contributed by atoms with Crippen molar-refractivity contribution < 1.29 is 31.9 Å². The van der Waals surface area contributed by atoms with Gasteiger partial charge in [-0.1, -0.05) is 18.2 Å². The maximum Gasteiger partial charge on any atom is 0.433 e. The number of benzene rings is 1. The molecule has 2 aromatic rings. The van der Waals surface area contributed by atoms with E-state index in [1.165, 1.54) is 24.3 Å². The molecule has 0 aliphatic carbocycles. The Balaban J connectivity index is 1.58. The van der Waals surface area contributed by atoms with Gasteiger partial charge in [0.25, 0.3) is 17.1 Å². The summed E-state index contributed by atoms with van der Waals surface area (Å²) < 4.78 is 51.2. The molecule has 0 radical (unpaired) electrons. The highest BCUT2D eigenvalue weighted by Crippen LogP contribution is 2.32. The van der Waals surface area contributed by atoms with Crippen molar-refractivity contribution in [1.29, 1.82) is 0 Å². The number of hydrogen-bond acceptors (Lipinski definition) is 5. The number of halogens is 4. The topological polar surface area (TPSA) is 79.4 Å². The van der Waals surface area contributed by atoms with Gasteiger partial charge in [-0.25, -0.2) is 4.39 Å². The van der Waals surface area contributed by atoms with E-state index < -0.39 is 34.7 Å². The van der Waals surface area contributed by atoms with Crippen LogP contribution in [0, 0.1) is 5.82 Å². The lowest BCUT2D eigenvalue weighted by atomic mass is 10.2. The van der Waals surface area contributed by atoms with E-state index in [2.05, 4.69) is 10.3 Å². The van der Waals surface area contributed by atoms with Gasteiger partial charge in [0.15, 0.2) is 0 Å². The van der Waals surface area contributed by atoms with Crippen LogP contribution >= 0.6 is 11.8 Å². The van der Waals surface area contributed by atoms with Crippen molar-refractivity contribution in [2.75, 3.05) is 13.1 Å². The molecule has 1 saturated heterocycles. The Morgan fingerprint density at radius 1 is 1.17 bits per heavy atom. The molecule has 1 aliphatic heterocycles. The third-order valence-electron chi connectivity index (χ3n) is 4.00.